The molecule has 0 unspecified atom stereocenters. The van der Waals surface area contributed by atoms with E-state index in [4.69, 9.17) is 14.2 Å². The van der Waals surface area contributed by atoms with Crippen molar-refractivity contribution in [3.63, 3.8) is 0 Å². The van der Waals surface area contributed by atoms with Crippen LogP contribution in [0.4, 0.5) is 0 Å². The van der Waals surface area contributed by atoms with E-state index < -0.39 is 6.10 Å². The molecule has 0 heterocycles. The Bertz CT molecular complexity index is 1070. The average Bonchev–Trinajstić information content (AvgIpc) is 3.36. The molecule has 0 aliphatic carbocycles. The summed E-state index contributed by atoms with van der Waals surface area (Å²) in [6.45, 7) is 9.10. The van der Waals surface area contributed by atoms with Crippen LogP contribution in [0, 0.1) is 5.92 Å². The van der Waals surface area contributed by atoms with Crippen LogP contribution < -0.4 is 0 Å². The Morgan fingerprint density at radius 2 is 0.465 bits per heavy atom. The molecule has 0 bridgehead atoms. The van der Waals surface area contributed by atoms with E-state index in [-0.39, 0.29) is 31.1 Å². The van der Waals surface area contributed by atoms with Crippen molar-refractivity contribution in [2.45, 2.75) is 381 Å². The van der Waals surface area contributed by atoms with Gasteiger partial charge in [0.1, 0.15) is 13.2 Å². The molecular formula is C65H126O6. The lowest BCUT2D eigenvalue weighted by atomic mass is 10.0. The molecule has 0 N–H and O–H groups in total. The zero-order valence-corrected chi connectivity index (χ0v) is 48.7. The van der Waals surface area contributed by atoms with Crippen molar-refractivity contribution in [3.8, 4) is 0 Å². The predicted molar refractivity (Wildman–Crippen MR) is 307 cm³/mol. The largest absolute Gasteiger partial charge is 0.462 e. The summed E-state index contributed by atoms with van der Waals surface area (Å²) in [5.41, 5.74) is 0. The summed E-state index contributed by atoms with van der Waals surface area (Å²) in [7, 11) is 0. The van der Waals surface area contributed by atoms with Gasteiger partial charge in [-0.1, -0.05) is 336 Å². The van der Waals surface area contributed by atoms with Gasteiger partial charge in [-0.3, -0.25) is 14.4 Å². The van der Waals surface area contributed by atoms with Crippen LogP contribution in [0.2, 0.25) is 0 Å². The highest BCUT2D eigenvalue weighted by Gasteiger charge is 2.19. The quantitative estimate of drug-likeness (QED) is 0.0343. The molecule has 0 rings (SSSR count). The minimum Gasteiger partial charge on any atom is -0.462 e. The van der Waals surface area contributed by atoms with Crippen molar-refractivity contribution in [2.75, 3.05) is 13.2 Å². The minimum atomic E-state index is -0.763. The SMILES string of the molecule is CCCCCCCCCCCCCCCCCCCCCC(=O)OC[C@@H](COC(=O)CCCCCCCCCCCCCCCCC)OC(=O)CCCCCCCCCCCCCCCCCCC(C)C. The number of carbonyl (C=O) groups is 3. The minimum absolute atomic E-state index is 0.0610. The molecule has 0 aliphatic rings. The Morgan fingerprint density at radius 1 is 0.268 bits per heavy atom. The molecule has 0 fully saturated rings. The monoisotopic (exact) mass is 1000 g/mol. The molecule has 0 aromatic carbocycles. The Balaban J connectivity index is 4.27. The maximum Gasteiger partial charge on any atom is 0.306 e. The molecule has 0 spiro atoms. The van der Waals surface area contributed by atoms with E-state index in [2.05, 4.69) is 27.7 Å². The van der Waals surface area contributed by atoms with Crippen molar-refractivity contribution >= 4 is 17.9 Å². The van der Waals surface area contributed by atoms with Gasteiger partial charge < -0.3 is 14.2 Å². The first-order valence-electron chi connectivity index (χ1n) is 32.4. The molecule has 0 saturated carbocycles. The number of ether oxygens (including phenoxy) is 3. The Kier molecular flexibility index (Phi) is 58.0. The summed E-state index contributed by atoms with van der Waals surface area (Å²) in [5, 5.41) is 0. The molecule has 422 valence electrons. The lowest BCUT2D eigenvalue weighted by Crippen LogP contribution is -2.30. The second-order valence-corrected chi connectivity index (χ2v) is 22.9. The Morgan fingerprint density at radius 3 is 0.690 bits per heavy atom. The first-order chi connectivity index (χ1) is 34.9. The van der Waals surface area contributed by atoms with Gasteiger partial charge in [-0.15, -0.1) is 0 Å². The number of hydrogen-bond acceptors (Lipinski definition) is 6. The number of unbranched alkanes of at least 4 members (excludes halogenated alkanes) is 47. The van der Waals surface area contributed by atoms with Crippen LogP contribution >= 0.6 is 0 Å². The first-order valence-corrected chi connectivity index (χ1v) is 32.4. The van der Waals surface area contributed by atoms with Gasteiger partial charge in [0.05, 0.1) is 0 Å². The van der Waals surface area contributed by atoms with Crippen LogP contribution in [0.1, 0.15) is 374 Å². The third-order valence-corrected chi connectivity index (χ3v) is 15.0. The fraction of sp³-hybridized carbons (Fsp3) is 0.954. The Labute approximate surface area is 444 Å². The first kappa shape index (κ1) is 69.4. The standard InChI is InChI=1S/C65H126O6/c1-5-7-9-11-13-15-17-19-21-22-23-24-29-33-37-41-45-49-53-57-64(67)70-60-62(59-69-63(66)56-52-48-44-40-36-32-27-20-18-16-14-12-10-8-6-2)71-65(68)58-54-50-46-42-38-34-30-26-25-28-31-35-39-43-47-51-55-61(3)4/h61-62H,5-60H2,1-4H3/t62-/m1/s1. The number of esters is 3. The third-order valence-electron chi connectivity index (χ3n) is 15.0. The zero-order chi connectivity index (χ0) is 51.6. The predicted octanol–water partition coefficient (Wildman–Crippen LogP) is 21.7. The highest BCUT2D eigenvalue weighted by Crippen LogP contribution is 2.19. The summed E-state index contributed by atoms with van der Waals surface area (Å²) in [6.07, 6.45) is 66.8. The topological polar surface area (TPSA) is 78.9 Å². The molecule has 6 heteroatoms. The number of rotatable bonds is 60. The summed E-state index contributed by atoms with van der Waals surface area (Å²) in [6, 6.07) is 0. The van der Waals surface area contributed by atoms with E-state index in [0.29, 0.717) is 19.3 Å². The fourth-order valence-electron chi connectivity index (χ4n) is 10.2. The lowest BCUT2D eigenvalue weighted by Gasteiger charge is -2.18. The van der Waals surface area contributed by atoms with Gasteiger partial charge in [0.15, 0.2) is 6.10 Å². The molecule has 6 nitrogen and oxygen atoms in total. The highest BCUT2D eigenvalue weighted by atomic mass is 16.6. The maximum absolute atomic E-state index is 12.9. The maximum atomic E-state index is 12.9. The van der Waals surface area contributed by atoms with Gasteiger partial charge in [-0.05, 0) is 25.2 Å². The molecule has 0 aliphatic heterocycles. The average molecular weight is 1000 g/mol. The van der Waals surface area contributed by atoms with E-state index in [1.54, 1.807) is 0 Å². The molecule has 0 saturated heterocycles. The van der Waals surface area contributed by atoms with Gasteiger partial charge in [0, 0.05) is 19.3 Å². The van der Waals surface area contributed by atoms with Crippen LogP contribution in [0.25, 0.3) is 0 Å². The lowest BCUT2D eigenvalue weighted by molar-refractivity contribution is -0.167. The molecule has 0 aromatic rings. The summed E-state index contributed by atoms with van der Waals surface area (Å²) < 4.78 is 17.0. The van der Waals surface area contributed by atoms with Crippen molar-refractivity contribution < 1.29 is 28.6 Å². The van der Waals surface area contributed by atoms with Crippen LogP contribution in [0.5, 0.6) is 0 Å². The second-order valence-electron chi connectivity index (χ2n) is 22.9. The molecule has 71 heavy (non-hydrogen) atoms. The third kappa shape index (κ3) is 59.2. The molecule has 0 aromatic heterocycles. The normalized spacial score (nSPS) is 12.0. The fourth-order valence-corrected chi connectivity index (χ4v) is 10.2. The van der Waals surface area contributed by atoms with Crippen molar-refractivity contribution in [1.29, 1.82) is 0 Å². The number of hydrogen-bond donors (Lipinski definition) is 0. The van der Waals surface area contributed by atoms with Crippen molar-refractivity contribution in [1.82, 2.24) is 0 Å². The van der Waals surface area contributed by atoms with Crippen LogP contribution in [0.3, 0.4) is 0 Å². The molecule has 0 radical (unpaired) electrons. The van der Waals surface area contributed by atoms with E-state index in [1.807, 2.05) is 0 Å². The van der Waals surface area contributed by atoms with Gasteiger partial charge in [-0.2, -0.15) is 0 Å². The van der Waals surface area contributed by atoms with Crippen molar-refractivity contribution in [3.05, 3.63) is 0 Å². The summed E-state index contributed by atoms with van der Waals surface area (Å²) in [5.74, 6) is 0.0256. The zero-order valence-electron chi connectivity index (χ0n) is 48.7. The van der Waals surface area contributed by atoms with Crippen molar-refractivity contribution in [2.24, 2.45) is 5.92 Å². The number of carbonyl (C=O) groups excluding carboxylic acids is 3. The summed E-state index contributed by atoms with van der Waals surface area (Å²) >= 11 is 0. The Hall–Kier alpha value is -1.59. The van der Waals surface area contributed by atoms with Gasteiger partial charge >= 0.3 is 17.9 Å². The molecule has 1 atom stereocenters. The smallest absolute Gasteiger partial charge is 0.306 e. The van der Waals surface area contributed by atoms with Gasteiger partial charge in [0.25, 0.3) is 0 Å². The second kappa shape index (κ2) is 59.3. The van der Waals surface area contributed by atoms with E-state index in [1.165, 1.54) is 270 Å². The van der Waals surface area contributed by atoms with Gasteiger partial charge in [0.2, 0.25) is 0 Å². The van der Waals surface area contributed by atoms with Crippen LogP contribution in [0.15, 0.2) is 0 Å². The highest BCUT2D eigenvalue weighted by molar-refractivity contribution is 5.71. The van der Waals surface area contributed by atoms with E-state index in [9.17, 15) is 14.4 Å². The van der Waals surface area contributed by atoms with Gasteiger partial charge in [-0.25, -0.2) is 0 Å². The van der Waals surface area contributed by atoms with Crippen LogP contribution in [-0.2, 0) is 28.6 Å². The van der Waals surface area contributed by atoms with E-state index in [0.717, 1.165) is 63.7 Å². The van der Waals surface area contributed by atoms with E-state index >= 15 is 0 Å². The summed E-state index contributed by atoms with van der Waals surface area (Å²) in [4.78, 5) is 38.3. The molecule has 0 amide bonds. The molecular weight excluding hydrogens is 877 g/mol. The van der Waals surface area contributed by atoms with Crippen LogP contribution in [-0.4, -0.2) is 37.2 Å².